The fourth-order valence-corrected chi connectivity index (χ4v) is 4.31. The molecule has 35 heavy (non-hydrogen) atoms. The van der Waals surface area contributed by atoms with Crippen molar-refractivity contribution in [1.82, 2.24) is 10.2 Å². The topological polar surface area (TPSA) is 96.7 Å². The van der Waals surface area contributed by atoms with Crippen molar-refractivity contribution >= 4 is 17.5 Å². The summed E-state index contributed by atoms with van der Waals surface area (Å²) >= 11 is 0. The van der Waals surface area contributed by atoms with Gasteiger partial charge in [-0.25, -0.2) is 0 Å². The third kappa shape index (κ3) is 6.04. The van der Waals surface area contributed by atoms with Gasteiger partial charge in [0, 0.05) is 36.7 Å². The van der Waals surface area contributed by atoms with E-state index in [-0.39, 0.29) is 11.8 Å². The summed E-state index contributed by atoms with van der Waals surface area (Å²) in [6.45, 7) is 4.17. The van der Waals surface area contributed by atoms with Gasteiger partial charge in [0.2, 0.25) is 5.91 Å². The number of rotatable bonds is 12. The molecular weight excluding hydrogens is 440 g/mol. The summed E-state index contributed by atoms with van der Waals surface area (Å²) in [5, 5.41) is 5.93. The van der Waals surface area contributed by atoms with Crippen molar-refractivity contribution in [3.05, 3.63) is 83.7 Å². The van der Waals surface area contributed by atoms with Crippen molar-refractivity contribution in [2.75, 3.05) is 12.4 Å². The van der Waals surface area contributed by atoms with Crippen LogP contribution in [0.2, 0.25) is 0 Å². The molecule has 7 nitrogen and oxygen atoms in total. The first kappa shape index (κ1) is 24.4. The van der Waals surface area contributed by atoms with Crippen LogP contribution in [-0.4, -0.2) is 35.9 Å². The van der Waals surface area contributed by atoms with Gasteiger partial charge in [0.15, 0.2) is 0 Å². The zero-order valence-electron chi connectivity index (χ0n) is 20.3. The van der Waals surface area contributed by atoms with Crippen molar-refractivity contribution in [3.63, 3.8) is 0 Å². The van der Waals surface area contributed by atoms with E-state index in [1.54, 1.807) is 18.0 Å². The molecule has 4 N–H and O–H groups in total. The predicted octanol–water partition coefficient (Wildman–Crippen LogP) is 4.11. The Labute approximate surface area is 207 Å². The molecule has 1 unspecified atom stereocenters. The molecule has 2 aromatic carbocycles. The van der Waals surface area contributed by atoms with Crippen LogP contribution in [0.4, 0.5) is 5.69 Å². The second kappa shape index (κ2) is 11.1. The summed E-state index contributed by atoms with van der Waals surface area (Å²) in [6, 6.07) is 13.1. The van der Waals surface area contributed by atoms with E-state index in [2.05, 4.69) is 17.2 Å². The van der Waals surface area contributed by atoms with Crippen LogP contribution in [0, 0.1) is 0 Å². The normalized spacial score (nSPS) is 16.0. The first-order valence-corrected chi connectivity index (χ1v) is 12.2. The van der Waals surface area contributed by atoms with Gasteiger partial charge in [-0.15, -0.1) is 6.58 Å². The number of hydrogen-bond donors (Lipinski definition) is 3. The van der Waals surface area contributed by atoms with Crippen molar-refractivity contribution in [2.24, 2.45) is 5.73 Å². The number of nitrogens with one attached hydrogen (secondary N) is 2. The zero-order valence-corrected chi connectivity index (χ0v) is 20.3. The highest BCUT2D eigenvalue weighted by Crippen LogP contribution is 2.30. The van der Waals surface area contributed by atoms with Crippen LogP contribution in [0.5, 0.6) is 5.75 Å². The number of anilines is 1. The number of hydrogen-bond acceptors (Lipinski definition) is 5. The molecule has 2 aromatic rings. The number of nitrogens with two attached hydrogens (primary N) is 1. The van der Waals surface area contributed by atoms with E-state index in [1.165, 1.54) is 0 Å². The Hall–Kier alpha value is -3.74. The summed E-state index contributed by atoms with van der Waals surface area (Å²) in [5.74, 6) is 0.637. The number of nitrogens with zero attached hydrogens (tertiary/aromatic N) is 1. The Bertz CT molecular complexity index is 1110. The Morgan fingerprint density at radius 1 is 1.26 bits per heavy atom. The van der Waals surface area contributed by atoms with Crippen molar-refractivity contribution in [3.8, 4) is 5.75 Å². The lowest BCUT2D eigenvalue weighted by Crippen LogP contribution is -2.46. The Morgan fingerprint density at radius 3 is 2.71 bits per heavy atom. The number of carbonyl (C=O) groups excluding carboxylic acids is 2. The molecule has 0 radical (unpaired) electrons. The van der Waals surface area contributed by atoms with E-state index in [1.807, 2.05) is 48.7 Å². The summed E-state index contributed by atoms with van der Waals surface area (Å²) in [4.78, 5) is 27.3. The van der Waals surface area contributed by atoms with Crippen molar-refractivity contribution in [1.29, 1.82) is 0 Å². The van der Waals surface area contributed by atoms with Crippen LogP contribution in [0.3, 0.4) is 0 Å². The van der Waals surface area contributed by atoms with Gasteiger partial charge >= 0.3 is 0 Å². The molecule has 0 saturated heterocycles. The molecule has 0 aromatic heterocycles. The van der Waals surface area contributed by atoms with Gasteiger partial charge in [0.1, 0.15) is 11.8 Å². The summed E-state index contributed by atoms with van der Waals surface area (Å²) < 4.78 is 5.78. The largest absolute Gasteiger partial charge is 0.490 e. The molecule has 2 amide bonds. The van der Waals surface area contributed by atoms with Gasteiger partial charge in [-0.2, -0.15) is 0 Å². The van der Waals surface area contributed by atoms with E-state index in [0.29, 0.717) is 43.9 Å². The van der Waals surface area contributed by atoms with E-state index < -0.39 is 6.04 Å². The average Bonchev–Trinajstić information content (AvgIpc) is 3.63. The van der Waals surface area contributed by atoms with Gasteiger partial charge in [-0.3, -0.25) is 9.59 Å². The molecule has 1 aliphatic carbocycles. The molecular formula is C28H34N4O3. The Kier molecular flexibility index (Phi) is 7.75. The Morgan fingerprint density at radius 2 is 2.03 bits per heavy atom. The second-order valence-corrected chi connectivity index (χ2v) is 9.08. The third-order valence-corrected chi connectivity index (χ3v) is 6.45. The molecule has 4 rings (SSSR count). The average molecular weight is 475 g/mol. The smallest absolute Gasteiger partial charge is 0.255 e. The van der Waals surface area contributed by atoms with Crippen molar-refractivity contribution in [2.45, 2.75) is 57.2 Å². The highest BCUT2D eigenvalue weighted by atomic mass is 16.5. The maximum Gasteiger partial charge on any atom is 0.255 e. The molecule has 0 spiro atoms. The van der Waals surface area contributed by atoms with Crippen LogP contribution in [0.15, 0.2) is 67.0 Å². The van der Waals surface area contributed by atoms with Crippen LogP contribution in [0.25, 0.3) is 0 Å². The fraction of sp³-hybridized carbons (Fsp3) is 0.357. The quantitative estimate of drug-likeness (QED) is 0.402. The van der Waals surface area contributed by atoms with Crippen LogP contribution in [0.1, 0.15) is 53.6 Å². The van der Waals surface area contributed by atoms with Crippen LogP contribution >= 0.6 is 0 Å². The van der Waals surface area contributed by atoms with E-state index in [9.17, 15) is 9.59 Å². The standard InChI is InChI=1S/C28H34N4O3/c1-3-4-8-26(27(33)30-2)32-18-25-19(6-5-7-24(25)28(32)34)9-10-20(29)17-31-21-11-13-22(14-12-21)35-23-15-16-23/h3,5-7,11-14,17,23,26,31H,1,4,8-10,15-16,18,29H2,2H3,(H,30,33)/b20-17-. The molecule has 1 heterocycles. The van der Waals surface area contributed by atoms with Gasteiger partial charge in [0.25, 0.3) is 5.91 Å². The fourth-order valence-electron chi connectivity index (χ4n) is 4.31. The molecule has 1 saturated carbocycles. The number of amides is 2. The van der Waals surface area contributed by atoms with Gasteiger partial charge < -0.3 is 26.0 Å². The second-order valence-electron chi connectivity index (χ2n) is 9.08. The summed E-state index contributed by atoms with van der Waals surface area (Å²) in [7, 11) is 1.60. The summed E-state index contributed by atoms with van der Waals surface area (Å²) in [5.41, 5.74) is 10.7. The minimum Gasteiger partial charge on any atom is -0.490 e. The molecule has 2 aliphatic rings. The number of aryl methyl sites for hydroxylation is 1. The monoisotopic (exact) mass is 474 g/mol. The number of carbonyl (C=O) groups is 2. The van der Waals surface area contributed by atoms with Gasteiger partial charge in [-0.05, 0) is 80.0 Å². The lowest BCUT2D eigenvalue weighted by atomic mass is 9.99. The minimum atomic E-state index is -0.513. The first-order valence-electron chi connectivity index (χ1n) is 12.2. The molecule has 0 bridgehead atoms. The molecule has 7 heteroatoms. The zero-order chi connectivity index (χ0) is 24.8. The SMILES string of the molecule is C=CCCC(C(=O)NC)N1Cc2c(CC/C(N)=C/Nc3ccc(OC4CC4)cc3)cccc2C1=O. The number of benzene rings is 2. The van der Waals surface area contributed by atoms with Gasteiger partial charge in [0.05, 0.1) is 6.10 Å². The maximum absolute atomic E-state index is 13.1. The lowest BCUT2D eigenvalue weighted by Gasteiger charge is -2.26. The molecule has 1 fully saturated rings. The molecule has 184 valence electrons. The number of fused-ring (bicyclic) bond motifs is 1. The highest BCUT2D eigenvalue weighted by molar-refractivity contribution is 6.01. The lowest BCUT2D eigenvalue weighted by molar-refractivity contribution is -0.125. The van der Waals surface area contributed by atoms with Crippen LogP contribution in [-0.2, 0) is 17.8 Å². The molecule has 1 atom stereocenters. The van der Waals surface area contributed by atoms with Crippen LogP contribution < -0.4 is 21.1 Å². The summed E-state index contributed by atoms with van der Waals surface area (Å²) in [6.07, 6.45) is 8.81. The van der Waals surface area contributed by atoms with E-state index in [0.717, 1.165) is 41.1 Å². The number of likely N-dealkylation sites (N-methyl/N-ethyl adjacent to an activating group) is 1. The maximum atomic E-state index is 13.1. The van der Waals surface area contributed by atoms with E-state index in [4.69, 9.17) is 10.5 Å². The predicted molar refractivity (Wildman–Crippen MR) is 138 cm³/mol. The van der Waals surface area contributed by atoms with E-state index >= 15 is 0 Å². The number of ether oxygens (including phenoxy) is 1. The minimum absolute atomic E-state index is 0.0983. The number of allylic oxidation sites excluding steroid dienone is 2. The first-order chi connectivity index (χ1) is 17.0. The third-order valence-electron chi connectivity index (χ3n) is 6.45. The Balaban J connectivity index is 1.37. The van der Waals surface area contributed by atoms with Gasteiger partial charge in [-0.1, -0.05) is 18.2 Å². The molecule has 1 aliphatic heterocycles. The van der Waals surface area contributed by atoms with Crippen molar-refractivity contribution < 1.29 is 14.3 Å². The highest BCUT2D eigenvalue weighted by Gasteiger charge is 2.36.